The molecule has 0 aromatic carbocycles. The van der Waals surface area contributed by atoms with Crippen LogP contribution in [-0.2, 0) is 4.79 Å². The van der Waals surface area contributed by atoms with Crippen LogP contribution in [0, 0.1) is 18.8 Å². The summed E-state index contributed by atoms with van der Waals surface area (Å²) in [5.41, 5.74) is 1.88. The number of piperidine rings is 1. The maximum atomic E-state index is 13.6. The fourth-order valence-electron chi connectivity index (χ4n) is 4.56. The third-order valence-corrected chi connectivity index (χ3v) is 7.18. The second kappa shape index (κ2) is 8.39. The van der Waals surface area contributed by atoms with Crippen molar-refractivity contribution in [2.75, 3.05) is 18.0 Å². The van der Waals surface area contributed by atoms with E-state index in [0.29, 0.717) is 38.1 Å². The molecule has 2 atom stereocenters. The Labute approximate surface area is 192 Å². The predicted molar refractivity (Wildman–Crippen MR) is 132 cm³/mol. The quantitative estimate of drug-likeness (QED) is 0.512. The van der Waals surface area contributed by atoms with Crippen molar-refractivity contribution in [2.24, 2.45) is 11.8 Å². The number of rotatable bonds is 3. The number of anilines is 1. The van der Waals surface area contributed by atoms with Gasteiger partial charge in [-0.05, 0) is 56.7 Å². The predicted octanol–water partition coefficient (Wildman–Crippen LogP) is 4.09. The van der Waals surface area contributed by atoms with Gasteiger partial charge in [0.1, 0.15) is 15.8 Å². The Morgan fingerprint density at radius 1 is 1.23 bits per heavy atom. The fourth-order valence-corrected chi connectivity index (χ4v) is 6.07. The van der Waals surface area contributed by atoms with E-state index >= 15 is 0 Å². The smallest absolute Gasteiger partial charge is 0.267 e. The summed E-state index contributed by atoms with van der Waals surface area (Å²) >= 11 is 6.67. The van der Waals surface area contributed by atoms with Crippen LogP contribution in [0.25, 0.3) is 11.7 Å². The van der Waals surface area contributed by atoms with E-state index in [1.807, 2.05) is 32.9 Å². The summed E-state index contributed by atoms with van der Waals surface area (Å²) in [5.74, 6) is 1.53. The average Bonchev–Trinajstić information content (AvgIpc) is 2.97. The molecule has 31 heavy (non-hydrogen) atoms. The van der Waals surface area contributed by atoms with Crippen LogP contribution in [0.3, 0.4) is 0 Å². The first-order chi connectivity index (χ1) is 14.7. The Morgan fingerprint density at radius 3 is 2.52 bits per heavy atom. The number of thioether (sulfide) groups is 1. The zero-order valence-electron chi connectivity index (χ0n) is 18.6. The van der Waals surface area contributed by atoms with E-state index in [0.717, 1.165) is 25.1 Å². The lowest BCUT2D eigenvalue weighted by Gasteiger charge is -2.36. The Hall–Kier alpha value is -2.19. The summed E-state index contributed by atoms with van der Waals surface area (Å²) in [4.78, 5) is 35.8. The molecule has 2 aliphatic rings. The standard InChI is InChI=1S/C23H28N4O2S2/c1-13(2)27-22(29)18(31-23(27)30)10-17-20(25-11-14(3)9-15(4)12-25)24-19-16(5)7-6-8-26(19)21(17)28/h6-8,10,13-15H,9,11-12H2,1-5H3/b18-10-. The summed E-state index contributed by atoms with van der Waals surface area (Å²) in [6.45, 7) is 12.0. The van der Waals surface area contributed by atoms with Gasteiger partial charge in [0.2, 0.25) is 0 Å². The highest BCUT2D eigenvalue weighted by Gasteiger charge is 2.35. The van der Waals surface area contributed by atoms with Crippen molar-refractivity contribution >= 4 is 51.7 Å². The first kappa shape index (κ1) is 22.0. The Balaban J connectivity index is 1.92. The molecule has 164 valence electrons. The minimum atomic E-state index is -0.163. The minimum absolute atomic E-state index is 0.0276. The van der Waals surface area contributed by atoms with E-state index in [2.05, 4.69) is 18.7 Å². The van der Waals surface area contributed by atoms with Gasteiger partial charge in [-0.3, -0.25) is 18.9 Å². The molecule has 4 heterocycles. The second-order valence-corrected chi connectivity index (χ2v) is 10.7. The Morgan fingerprint density at radius 2 is 1.90 bits per heavy atom. The number of aryl methyl sites for hydroxylation is 1. The molecule has 0 spiro atoms. The maximum absolute atomic E-state index is 13.6. The van der Waals surface area contributed by atoms with Gasteiger partial charge in [-0.2, -0.15) is 0 Å². The van der Waals surface area contributed by atoms with Gasteiger partial charge in [0.25, 0.3) is 11.5 Å². The van der Waals surface area contributed by atoms with Gasteiger partial charge in [0, 0.05) is 25.3 Å². The number of carbonyl (C=O) groups is 1. The summed E-state index contributed by atoms with van der Waals surface area (Å²) in [6.07, 6.45) is 4.59. The number of pyridine rings is 1. The zero-order chi connectivity index (χ0) is 22.4. The molecule has 0 radical (unpaired) electrons. The lowest BCUT2D eigenvalue weighted by Crippen LogP contribution is -2.40. The number of nitrogens with zero attached hydrogens (tertiary/aromatic N) is 4. The molecule has 6 nitrogen and oxygen atoms in total. The number of amides is 1. The van der Waals surface area contributed by atoms with Crippen LogP contribution in [0.15, 0.2) is 28.0 Å². The van der Waals surface area contributed by atoms with Crippen LogP contribution in [-0.4, -0.2) is 43.6 Å². The highest BCUT2D eigenvalue weighted by molar-refractivity contribution is 8.26. The molecule has 2 aliphatic heterocycles. The number of aromatic nitrogens is 2. The summed E-state index contributed by atoms with van der Waals surface area (Å²) in [5, 5.41) is 0. The van der Waals surface area contributed by atoms with Crippen molar-refractivity contribution in [1.82, 2.24) is 14.3 Å². The number of thiocarbonyl (C=S) groups is 1. The molecule has 0 saturated carbocycles. The minimum Gasteiger partial charge on any atom is -0.355 e. The first-order valence-corrected chi connectivity index (χ1v) is 11.9. The van der Waals surface area contributed by atoms with Crippen molar-refractivity contribution in [3.05, 3.63) is 44.7 Å². The van der Waals surface area contributed by atoms with Gasteiger partial charge in [-0.1, -0.05) is 43.9 Å². The normalized spacial score (nSPS) is 23.6. The van der Waals surface area contributed by atoms with Crippen LogP contribution in [0.5, 0.6) is 0 Å². The molecular weight excluding hydrogens is 428 g/mol. The van der Waals surface area contributed by atoms with Gasteiger partial charge in [-0.25, -0.2) is 4.98 Å². The largest absolute Gasteiger partial charge is 0.355 e. The van der Waals surface area contributed by atoms with Crippen LogP contribution in [0.4, 0.5) is 5.82 Å². The Bertz CT molecular complexity index is 1140. The van der Waals surface area contributed by atoms with Crippen molar-refractivity contribution < 1.29 is 4.79 Å². The summed E-state index contributed by atoms with van der Waals surface area (Å²) in [6, 6.07) is 3.78. The molecule has 4 rings (SSSR count). The third kappa shape index (κ3) is 4.03. The Kier molecular flexibility index (Phi) is 5.96. The summed E-state index contributed by atoms with van der Waals surface area (Å²) < 4.78 is 2.10. The lowest BCUT2D eigenvalue weighted by atomic mass is 9.91. The molecule has 2 aromatic heterocycles. The number of hydrogen-bond acceptors (Lipinski definition) is 6. The molecule has 2 aromatic rings. The second-order valence-electron chi connectivity index (χ2n) is 9.04. The van der Waals surface area contributed by atoms with E-state index in [4.69, 9.17) is 17.2 Å². The highest BCUT2D eigenvalue weighted by Crippen LogP contribution is 2.35. The highest BCUT2D eigenvalue weighted by atomic mass is 32.2. The number of carbonyl (C=O) groups excluding carboxylic acids is 1. The molecule has 0 bridgehead atoms. The van der Waals surface area contributed by atoms with Gasteiger partial charge < -0.3 is 4.90 Å². The number of hydrogen-bond donors (Lipinski definition) is 0. The molecule has 2 unspecified atom stereocenters. The molecule has 1 amide bonds. The van der Waals surface area contributed by atoms with Gasteiger partial charge in [0.05, 0.1) is 10.5 Å². The van der Waals surface area contributed by atoms with Gasteiger partial charge >= 0.3 is 0 Å². The molecular formula is C23H28N4O2S2. The number of fused-ring (bicyclic) bond motifs is 1. The van der Waals surface area contributed by atoms with E-state index in [9.17, 15) is 9.59 Å². The molecule has 0 aliphatic carbocycles. The maximum Gasteiger partial charge on any atom is 0.267 e. The molecule has 2 saturated heterocycles. The van der Waals surface area contributed by atoms with Gasteiger partial charge in [0.15, 0.2) is 0 Å². The monoisotopic (exact) mass is 456 g/mol. The molecule has 2 fully saturated rings. The van der Waals surface area contributed by atoms with Crippen LogP contribution >= 0.6 is 24.0 Å². The van der Waals surface area contributed by atoms with Gasteiger partial charge in [-0.15, -0.1) is 0 Å². The fraction of sp³-hybridized carbons (Fsp3) is 0.478. The first-order valence-electron chi connectivity index (χ1n) is 10.7. The summed E-state index contributed by atoms with van der Waals surface area (Å²) in [7, 11) is 0. The topological polar surface area (TPSA) is 57.9 Å². The molecule has 8 heteroatoms. The van der Waals surface area contributed by atoms with E-state index in [1.54, 1.807) is 21.6 Å². The van der Waals surface area contributed by atoms with Crippen molar-refractivity contribution in [3.63, 3.8) is 0 Å². The average molecular weight is 457 g/mol. The lowest BCUT2D eigenvalue weighted by molar-refractivity contribution is -0.123. The molecule has 0 N–H and O–H groups in total. The van der Waals surface area contributed by atoms with Crippen LogP contribution in [0.1, 0.15) is 45.2 Å². The third-order valence-electron chi connectivity index (χ3n) is 5.85. The van der Waals surface area contributed by atoms with E-state index in [1.165, 1.54) is 11.8 Å². The van der Waals surface area contributed by atoms with E-state index < -0.39 is 0 Å². The van der Waals surface area contributed by atoms with Crippen LogP contribution in [0.2, 0.25) is 0 Å². The van der Waals surface area contributed by atoms with Crippen molar-refractivity contribution in [1.29, 1.82) is 0 Å². The van der Waals surface area contributed by atoms with Crippen molar-refractivity contribution in [2.45, 2.75) is 47.1 Å². The van der Waals surface area contributed by atoms with Crippen molar-refractivity contribution in [3.8, 4) is 0 Å². The van der Waals surface area contributed by atoms with Crippen LogP contribution < -0.4 is 10.5 Å². The van der Waals surface area contributed by atoms with E-state index in [-0.39, 0.29) is 17.5 Å². The zero-order valence-corrected chi connectivity index (χ0v) is 20.2. The SMILES string of the molecule is Cc1cccn2c(=O)c(/C=C3\SC(=S)N(C(C)C)C3=O)c(N3CC(C)CC(C)C3)nc12.